The number of benzene rings is 1. The molecule has 0 radical (unpaired) electrons. The Kier molecular flexibility index (Phi) is 16.6. The summed E-state index contributed by atoms with van der Waals surface area (Å²) >= 11 is 0. The Balaban J connectivity index is 1.54. The molecule has 1 aliphatic rings. The quantitative estimate of drug-likeness (QED) is 0.145. The average molecular weight is 516 g/mol. The van der Waals surface area contributed by atoms with Gasteiger partial charge in [-0.25, -0.2) is 0 Å². The van der Waals surface area contributed by atoms with E-state index in [9.17, 15) is 14.4 Å². The van der Waals surface area contributed by atoms with Crippen LogP contribution in [0.3, 0.4) is 0 Å². The Labute approximate surface area is 223 Å². The van der Waals surface area contributed by atoms with Gasteiger partial charge in [-0.3, -0.25) is 14.5 Å². The largest absolute Gasteiger partial charge is 0.461 e. The first-order chi connectivity index (χ1) is 18.1. The number of nitrogens with two attached hydrogens (primary N) is 1. The topological polar surface area (TPSA) is 102 Å². The van der Waals surface area contributed by atoms with Crippen molar-refractivity contribution in [1.29, 1.82) is 0 Å². The second-order valence-corrected chi connectivity index (χ2v) is 10.4. The van der Waals surface area contributed by atoms with Gasteiger partial charge < -0.3 is 20.6 Å². The summed E-state index contributed by atoms with van der Waals surface area (Å²) < 4.78 is 5.25. The number of aldehydes is 1. The van der Waals surface area contributed by atoms with Crippen LogP contribution < -0.4 is 11.1 Å². The monoisotopic (exact) mass is 515 g/mol. The number of carbonyl (C=O) groups excluding carboxylic acids is 3. The molecular formula is C30H49N3O4. The van der Waals surface area contributed by atoms with E-state index in [1.807, 2.05) is 30.3 Å². The molecule has 2 rings (SSSR count). The SMILES string of the molecule is NC(CC(=O)OCc1ccccc1)C(=O)NCC1CCCCN1CCCCCCCCCCCCC=O. The van der Waals surface area contributed by atoms with E-state index in [0.717, 1.165) is 37.8 Å². The number of rotatable bonds is 20. The van der Waals surface area contributed by atoms with E-state index in [-0.39, 0.29) is 18.9 Å². The van der Waals surface area contributed by atoms with Gasteiger partial charge in [0.1, 0.15) is 12.9 Å². The number of carbonyl (C=O) groups is 3. The zero-order chi connectivity index (χ0) is 26.6. The highest BCUT2D eigenvalue weighted by atomic mass is 16.5. The van der Waals surface area contributed by atoms with Gasteiger partial charge in [0.05, 0.1) is 12.5 Å². The molecule has 7 heteroatoms. The van der Waals surface area contributed by atoms with Crippen molar-refractivity contribution in [3.05, 3.63) is 35.9 Å². The highest BCUT2D eigenvalue weighted by Gasteiger charge is 2.24. The number of hydrogen-bond acceptors (Lipinski definition) is 6. The standard InChI is InChI=1S/C30H49N3O4/c31-28(23-29(35)37-25-26-17-11-10-12-18-26)30(36)32-24-27-19-13-15-21-33(27)20-14-8-6-4-2-1-3-5-7-9-16-22-34/h10-12,17-18,22,27-28H,1-9,13-16,19-21,23-25,31H2,(H,32,36). The second kappa shape index (κ2) is 19.8. The predicted molar refractivity (Wildman–Crippen MR) is 148 cm³/mol. The summed E-state index contributed by atoms with van der Waals surface area (Å²) in [6.07, 6.45) is 17.5. The molecule has 2 atom stereocenters. The van der Waals surface area contributed by atoms with Gasteiger partial charge in [0.2, 0.25) is 5.91 Å². The molecule has 0 saturated carbocycles. The lowest BCUT2D eigenvalue weighted by Gasteiger charge is -2.36. The number of hydrogen-bond donors (Lipinski definition) is 2. The molecule has 1 aliphatic heterocycles. The molecule has 37 heavy (non-hydrogen) atoms. The molecule has 1 aromatic carbocycles. The molecule has 7 nitrogen and oxygen atoms in total. The minimum atomic E-state index is -0.892. The molecule has 0 aromatic heterocycles. The number of piperidine rings is 1. The highest BCUT2D eigenvalue weighted by Crippen LogP contribution is 2.18. The van der Waals surface area contributed by atoms with Crippen molar-refractivity contribution in [2.75, 3.05) is 19.6 Å². The van der Waals surface area contributed by atoms with Crippen LogP contribution in [-0.4, -0.2) is 54.8 Å². The van der Waals surface area contributed by atoms with Gasteiger partial charge in [-0.1, -0.05) is 88.1 Å². The number of ether oxygens (including phenoxy) is 1. The molecular weight excluding hydrogens is 466 g/mol. The number of nitrogens with zero attached hydrogens (tertiary/aromatic N) is 1. The lowest BCUT2D eigenvalue weighted by Crippen LogP contribution is -2.50. The van der Waals surface area contributed by atoms with Crippen molar-refractivity contribution < 1.29 is 19.1 Å². The number of esters is 1. The lowest BCUT2D eigenvalue weighted by atomic mass is 10.0. The van der Waals surface area contributed by atoms with Gasteiger partial charge in [0.15, 0.2) is 0 Å². The molecule has 0 spiro atoms. The lowest BCUT2D eigenvalue weighted by molar-refractivity contribution is -0.146. The molecule has 208 valence electrons. The summed E-state index contributed by atoms with van der Waals surface area (Å²) in [5, 5.41) is 2.98. The summed E-state index contributed by atoms with van der Waals surface area (Å²) in [5.74, 6) is -0.744. The van der Waals surface area contributed by atoms with E-state index in [2.05, 4.69) is 10.2 Å². The number of unbranched alkanes of at least 4 members (excludes halogenated alkanes) is 10. The fraction of sp³-hybridized carbons (Fsp3) is 0.700. The fourth-order valence-corrected chi connectivity index (χ4v) is 4.96. The van der Waals surface area contributed by atoms with Crippen LogP contribution in [0.1, 0.15) is 102 Å². The van der Waals surface area contributed by atoms with E-state index >= 15 is 0 Å². The first-order valence-electron chi connectivity index (χ1n) is 14.5. The number of amides is 1. The van der Waals surface area contributed by atoms with Crippen LogP contribution in [0, 0.1) is 0 Å². The molecule has 1 fully saturated rings. The van der Waals surface area contributed by atoms with Crippen molar-refractivity contribution in [2.45, 2.75) is 115 Å². The maximum atomic E-state index is 12.5. The third-order valence-electron chi connectivity index (χ3n) is 7.24. The van der Waals surface area contributed by atoms with Crippen LogP contribution in [0.2, 0.25) is 0 Å². The highest BCUT2D eigenvalue weighted by molar-refractivity contribution is 5.86. The number of nitrogens with one attached hydrogen (secondary N) is 1. The zero-order valence-corrected chi connectivity index (χ0v) is 22.7. The van der Waals surface area contributed by atoms with Crippen LogP contribution in [0.25, 0.3) is 0 Å². The first kappa shape index (κ1) is 31.0. The van der Waals surface area contributed by atoms with Crippen LogP contribution >= 0.6 is 0 Å². The third-order valence-corrected chi connectivity index (χ3v) is 7.24. The van der Waals surface area contributed by atoms with Crippen LogP contribution in [0.4, 0.5) is 0 Å². The van der Waals surface area contributed by atoms with Gasteiger partial charge in [-0.05, 0) is 44.3 Å². The molecule has 0 bridgehead atoms. The molecule has 2 unspecified atom stereocenters. The van der Waals surface area contributed by atoms with Crippen molar-refractivity contribution in [3.63, 3.8) is 0 Å². The van der Waals surface area contributed by atoms with Crippen molar-refractivity contribution in [2.24, 2.45) is 5.73 Å². The molecule has 0 aliphatic carbocycles. The second-order valence-electron chi connectivity index (χ2n) is 10.4. The average Bonchev–Trinajstić information content (AvgIpc) is 2.92. The van der Waals surface area contributed by atoms with Gasteiger partial charge in [0, 0.05) is 19.0 Å². The van der Waals surface area contributed by atoms with Crippen LogP contribution in [0.15, 0.2) is 30.3 Å². The molecule has 1 heterocycles. The van der Waals surface area contributed by atoms with Gasteiger partial charge >= 0.3 is 5.97 Å². The molecule has 1 aromatic rings. The first-order valence-corrected chi connectivity index (χ1v) is 14.5. The van der Waals surface area contributed by atoms with E-state index in [0.29, 0.717) is 19.0 Å². The summed E-state index contributed by atoms with van der Waals surface area (Å²) in [4.78, 5) is 37.4. The minimum Gasteiger partial charge on any atom is -0.461 e. The third kappa shape index (κ3) is 14.3. The summed E-state index contributed by atoms with van der Waals surface area (Å²) in [5.41, 5.74) is 6.89. The Hall–Kier alpha value is -2.25. The summed E-state index contributed by atoms with van der Waals surface area (Å²) in [6.45, 7) is 2.94. The van der Waals surface area contributed by atoms with E-state index < -0.39 is 12.0 Å². The zero-order valence-electron chi connectivity index (χ0n) is 22.7. The van der Waals surface area contributed by atoms with Gasteiger partial charge in [-0.15, -0.1) is 0 Å². The summed E-state index contributed by atoms with van der Waals surface area (Å²) in [6, 6.07) is 8.91. The Morgan fingerprint density at radius 3 is 2.30 bits per heavy atom. The molecule has 1 saturated heterocycles. The maximum absolute atomic E-state index is 12.5. The van der Waals surface area contributed by atoms with Crippen molar-refractivity contribution in [3.8, 4) is 0 Å². The van der Waals surface area contributed by atoms with Crippen molar-refractivity contribution >= 4 is 18.2 Å². The number of likely N-dealkylation sites (tertiary alicyclic amines) is 1. The van der Waals surface area contributed by atoms with Gasteiger partial charge in [-0.2, -0.15) is 0 Å². The minimum absolute atomic E-state index is 0.118. The fourth-order valence-electron chi connectivity index (χ4n) is 4.96. The molecule has 1 amide bonds. The van der Waals surface area contributed by atoms with Crippen LogP contribution in [-0.2, 0) is 25.7 Å². The maximum Gasteiger partial charge on any atom is 0.308 e. The summed E-state index contributed by atoms with van der Waals surface area (Å²) in [7, 11) is 0. The van der Waals surface area contributed by atoms with Crippen LogP contribution in [0.5, 0.6) is 0 Å². The molecule has 3 N–H and O–H groups in total. The Morgan fingerprint density at radius 2 is 1.62 bits per heavy atom. The van der Waals surface area contributed by atoms with E-state index in [1.54, 1.807) is 0 Å². The normalized spacial score (nSPS) is 16.7. The van der Waals surface area contributed by atoms with E-state index in [1.165, 1.54) is 70.6 Å². The Bertz CT molecular complexity index is 758. The van der Waals surface area contributed by atoms with E-state index in [4.69, 9.17) is 10.5 Å². The van der Waals surface area contributed by atoms with Gasteiger partial charge in [0.25, 0.3) is 0 Å². The predicted octanol–water partition coefficient (Wildman–Crippen LogP) is 4.91. The smallest absolute Gasteiger partial charge is 0.308 e. The van der Waals surface area contributed by atoms with Crippen molar-refractivity contribution in [1.82, 2.24) is 10.2 Å². The Morgan fingerprint density at radius 1 is 0.973 bits per heavy atom.